The highest BCUT2D eigenvalue weighted by Crippen LogP contribution is 2.28. The molecule has 13 heteroatoms. The van der Waals surface area contributed by atoms with Gasteiger partial charge in [0.15, 0.2) is 11.6 Å². The summed E-state index contributed by atoms with van der Waals surface area (Å²) in [7, 11) is 0. The minimum atomic E-state index is -1.27. The summed E-state index contributed by atoms with van der Waals surface area (Å²) in [5.41, 5.74) is -0.203. The number of nitro groups is 1. The van der Waals surface area contributed by atoms with Gasteiger partial charge in [0, 0.05) is 25.1 Å². The molecule has 0 spiro atoms. The first-order chi connectivity index (χ1) is 14.6. The van der Waals surface area contributed by atoms with Gasteiger partial charge in [0.05, 0.1) is 24.4 Å². The highest BCUT2D eigenvalue weighted by molar-refractivity contribution is 7.59. The van der Waals surface area contributed by atoms with Gasteiger partial charge >= 0.3 is 11.1 Å². The van der Waals surface area contributed by atoms with Gasteiger partial charge in [-0.05, 0) is 46.6 Å². The van der Waals surface area contributed by atoms with Gasteiger partial charge in [-0.2, -0.15) is 13.5 Å². The van der Waals surface area contributed by atoms with Crippen molar-refractivity contribution in [1.29, 1.82) is 0 Å². The Morgan fingerprint density at radius 3 is 2.72 bits per heavy atom. The van der Waals surface area contributed by atoms with Crippen LogP contribution in [0.25, 0.3) is 11.5 Å². The van der Waals surface area contributed by atoms with Gasteiger partial charge in [-0.1, -0.05) is 0 Å². The molecule has 1 atom stereocenters. The molecule has 32 heavy (non-hydrogen) atoms. The molecule has 0 saturated heterocycles. The summed E-state index contributed by atoms with van der Waals surface area (Å²) in [6.07, 6.45) is 1.73. The molecule has 1 aliphatic heterocycles. The zero-order valence-corrected chi connectivity index (χ0v) is 18.6. The highest BCUT2D eigenvalue weighted by atomic mass is 35.5. The number of fused-ring (bicyclic) bond motifs is 1. The Morgan fingerprint density at radius 1 is 1.31 bits per heavy atom. The van der Waals surface area contributed by atoms with Crippen LogP contribution < -0.4 is 0 Å². The summed E-state index contributed by atoms with van der Waals surface area (Å²) in [6.45, 7) is 2.78. The molecule has 0 aliphatic carbocycles. The van der Waals surface area contributed by atoms with Crippen molar-refractivity contribution in [2.75, 3.05) is 13.1 Å². The van der Waals surface area contributed by atoms with Gasteiger partial charge in [-0.15, -0.1) is 0 Å². The predicted molar refractivity (Wildman–Crippen MR) is 116 cm³/mol. The van der Waals surface area contributed by atoms with Crippen molar-refractivity contribution in [2.24, 2.45) is 0 Å². The molecule has 0 bridgehead atoms. The van der Waals surface area contributed by atoms with Gasteiger partial charge in [-0.3, -0.25) is 9.47 Å². The van der Waals surface area contributed by atoms with Gasteiger partial charge in [0.25, 0.3) is 0 Å². The van der Waals surface area contributed by atoms with Gasteiger partial charge in [-0.25, -0.2) is 13.8 Å². The van der Waals surface area contributed by atoms with Gasteiger partial charge in [0.2, 0.25) is 5.89 Å². The van der Waals surface area contributed by atoms with E-state index < -0.39 is 28.0 Å². The number of imidazole rings is 1. The average Bonchev–Trinajstić information content (AvgIpc) is 3.27. The Bertz CT molecular complexity index is 1150. The lowest BCUT2D eigenvalue weighted by atomic mass is 10.0. The van der Waals surface area contributed by atoms with Crippen LogP contribution in [0.1, 0.15) is 18.4 Å². The van der Waals surface area contributed by atoms with E-state index in [0.717, 1.165) is 17.8 Å². The van der Waals surface area contributed by atoms with E-state index in [1.54, 1.807) is 6.92 Å². The fourth-order valence-corrected chi connectivity index (χ4v) is 3.81. The van der Waals surface area contributed by atoms with Crippen LogP contribution in [-0.4, -0.2) is 48.2 Å². The summed E-state index contributed by atoms with van der Waals surface area (Å²) in [4.78, 5) is 20.2. The molecule has 0 fully saturated rings. The first kappa shape index (κ1) is 24.1. The molecule has 0 amide bonds. The number of β-amino-alcohol motifs (C(OH)–C–C–N with tert-alkyl or cyclic N) is 1. The summed E-state index contributed by atoms with van der Waals surface area (Å²) in [6, 6.07) is 3.44. The monoisotopic (exact) mass is 487 g/mol. The Kier molecular flexibility index (Phi) is 6.89. The molecule has 0 unspecified atom stereocenters. The third-order valence-electron chi connectivity index (χ3n) is 4.95. The Morgan fingerprint density at radius 2 is 2.06 bits per heavy atom. The number of hydrogen-bond acceptors (Lipinski definition) is 7. The fourth-order valence-electron chi connectivity index (χ4n) is 3.61. The average molecular weight is 488 g/mol. The molecule has 0 radical (unpaired) electrons. The lowest BCUT2D eigenvalue weighted by Crippen LogP contribution is -2.45. The SMILES string of the molecule is C[C@](O)(CN1CCc2nc(-c3ccc(F)c(F)c3)oc2C1)Cn1cc([N+](=O)[O-])nc1Cl.S. The maximum Gasteiger partial charge on any atom is 0.383 e. The number of benzene rings is 1. The van der Waals surface area contributed by atoms with Crippen LogP contribution in [0.15, 0.2) is 28.8 Å². The number of rotatable bonds is 6. The summed E-state index contributed by atoms with van der Waals surface area (Å²) < 4.78 is 33.8. The van der Waals surface area contributed by atoms with Crippen molar-refractivity contribution >= 4 is 30.9 Å². The molecule has 9 nitrogen and oxygen atoms in total. The number of hydrogen-bond donors (Lipinski definition) is 1. The van der Waals surface area contributed by atoms with E-state index >= 15 is 0 Å². The Balaban J connectivity index is 0.00000289. The van der Waals surface area contributed by atoms with Crippen molar-refractivity contribution in [1.82, 2.24) is 19.4 Å². The van der Waals surface area contributed by atoms with E-state index in [1.807, 2.05) is 4.90 Å². The number of aromatic nitrogens is 3. The van der Waals surface area contributed by atoms with E-state index in [1.165, 1.54) is 16.8 Å². The maximum atomic E-state index is 13.5. The third kappa shape index (κ3) is 5.09. The largest absolute Gasteiger partial charge is 0.440 e. The van der Waals surface area contributed by atoms with Crippen molar-refractivity contribution in [2.45, 2.75) is 32.0 Å². The second-order valence-electron chi connectivity index (χ2n) is 7.73. The quantitative estimate of drug-likeness (QED) is 0.419. The van der Waals surface area contributed by atoms with E-state index in [-0.39, 0.29) is 37.8 Å². The smallest absolute Gasteiger partial charge is 0.383 e. The van der Waals surface area contributed by atoms with Crippen molar-refractivity contribution in [3.63, 3.8) is 0 Å². The second kappa shape index (κ2) is 9.14. The summed E-state index contributed by atoms with van der Waals surface area (Å²) in [5, 5.41) is 21.6. The Labute approximate surface area is 193 Å². The van der Waals surface area contributed by atoms with Crippen molar-refractivity contribution in [3.8, 4) is 11.5 Å². The zero-order valence-electron chi connectivity index (χ0n) is 16.9. The summed E-state index contributed by atoms with van der Waals surface area (Å²) >= 11 is 5.94. The number of aliphatic hydroxyl groups is 1. The predicted octanol–water partition coefficient (Wildman–Crippen LogP) is 3.30. The second-order valence-corrected chi connectivity index (χ2v) is 8.07. The van der Waals surface area contributed by atoms with E-state index in [9.17, 15) is 24.0 Å². The van der Waals surface area contributed by atoms with E-state index in [0.29, 0.717) is 30.8 Å². The number of oxazole rings is 1. The normalized spacial score (nSPS) is 15.7. The van der Waals surface area contributed by atoms with Crippen molar-refractivity contribution in [3.05, 3.63) is 62.9 Å². The number of nitrogens with zero attached hydrogens (tertiary/aromatic N) is 5. The minimum absolute atomic E-state index is 0. The maximum absolute atomic E-state index is 13.5. The van der Waals surface area contributed by atoms with Crippen LogP contribution in [0.2, 0.25) is 5.28 Å². The lowest BCUT2D eigenvalue weighted by molar-refractivity contribution is -0.389. The third-order valence-corrected chi connectivity index (χ3v) is 5.26. The lowest BCUT2D eigenvalue weighted by Gasteiger charge is -2.33. The highest BCUT2D eigenvalue weighted by Gasteiger charge is 2.31. The van der Waals surface area contributed by atoms with Crippen LogP contribution in [-0.2, 0) is 19.5 Å². The minimum Gasteiger partial charge on any atom is -0.440 e. The molecule has 0 saturated carbocycles. The summed E-state index contributed by atoms with van der Waals surface area (Å²) in [5.74, 6) is -1.54. The van der Waals surface area contributed by atoms with Gasteiger partial charge < -0.3 is 19.6 Å². The van der Waals surface area contributed by atoms with Crippen LogP contribution >= 0.6 is 25.1 Å². The first-order valence-electron chi connectivity index (χ1n) is 9.37. The van der Waals surface area contributed by atoms with E-state index in [2.05, 4.69) is 9.97 Å². The van der Waals surface area contributed by atoms with E-state index in [4.69, 9.17) is 16.0 Å². The standard InChI is InChI=1S/C19H18ClF2N5O4.H2S/c1-19(28,10-26-8-16(27(29)30)24-18(26)20)9-25-5-4-14-15(7-25)31-17(23-14)11-2-3-12(21)13(22)6-11;/h2-3,6,8,28H,4-5,7,9-10H2,1H3;1H2/t19-;/m0./s1. The van der Waals surface area contributed by atoms with Crippen molar-refractivity contribution < 1.29 is 23.2 Å². The molecule has 3 heterocycles. The molecule has 4 rings (SSSR count). The van der Waals surface area contributed by atoms with Gasteiger partial charge in [0.1, 0.15) is 12.0 Å². The molecule has 1 aliphatic rings. The molecule has 2 aromatic heterocycles. The number of halogens is 3. The fraction of sp³-hybridized carbons (Fsp3) is 0.368. The topological polar surface area (TPSA) is 110 Å². The molecular formula is C19H20ClF2N5O4S. The molecule has 172 valence electrons. The first-order valence-corrected chi connectivity index (χ1v) is 9.75. The Hall–Kier alpha value is -2.54. The molecule has 1 aromatic carbocycles. The van der Waals surface area contributed by atoms with Crippen LogP contribution in [0.3, 0.4) is 0 Å². The van der Waals surface area contributed by atoms with Crippen LogP contribution in [0, 0.1) is 21.7 Å². The molecular weight excluding hydrogens is 468 g/mol. The van der Waals surface area contributed by atoms with Crippen LogP contribution in [0.4, 0.5) is 14.6 Å². The van der Waals surface area contributed by atoms with Crippen LogP contribution in [0.5, 0.6) is 0 Å². The molecule has 3 aromatic rings. The molecule has 1 N–H and O–H groups in total. The zero-order chi connectivity index (χ0) is 22.3.